The van der Waals surface area contributed by atoms with E-state index in [1.807, 2.05) is 0 Å². The lowest BCUT2D eigenvalue weighted by Crippen LogP contribution is -2.00. The van der Waals surface area contributed by atoms with Gasteiger partial charge in [0.05, 0.1) is 0 Å². The van der Waals surface area contributed by atoms with Crippen LogP contribution in [0.5, 0.6) is 0 Å². The molecule has 0 aromatic heterocycles. The van der Waals surface area contributed by atoms with E-state index in [1.54, 1.807) is 0 Å². The number of hydrogen-bond donors (Lipinski definition) is 0. The third-order valence-corrected chi connectivity index (χ3v) is 2.91. The highest BCUT2D eigenvalue weighted by atomic mass is 16.5. The van der Waals surface area contributed by atoms with E-state index in [0.29, 0.717) is 0 Å². The van der Waals surface area contributed by atoms with Crippen molar-refractivity contribution in [3.8, 4) is 0 Å². The molecule has 0 atom stereocenters. The van der Waals surface area contributed by atoms with Gasteiger partial charge in [-0.1, -0.05) is 24.3 Å². The zero-order chi connectivity index (χ0) is 8.67. The summed E-state index contributed by atoms with van der Waals surface area (Å²) in [6, 6.07) is 8.49. The first kappa shape index (κ1) is 7.19. The molecular formula is C12H12O. The Labute approximate surface area is 78.0 Å². The molecule has 0 saturated heterocycles. The smallest absolute Gasteiger partial charge is 0.126 e. The zero-order valence-corrected chi connectivity index (χ0v) is 7.55. The summed E-state index contributed by atoms with van der Waals surface area (Å²) < 4.78 is 5.71. The van der Waals surface area contributed by atoms with Gasteiger partial charge >= 0.3 is 0 Å². The van der Waals surface area contributed by atoms with Crippen molar-refractivity contribution in [3.63, 3.8) is 0 Å². The molecule has 1 saturated carbocycles. The van der Waals surface area contributed by atoms with E-state index in [9.17, 15) is 0 Å². The molecule has 3 rings (SSSR count). The summed E-state index contributed by atoms with van der Waals surface area (Å²) in [5, 5.41) is 0. The van der Waals surface area contributed by atoms with Crippen LogP contribution in [0.15, 0.2) is 29.8 Å². The second kappa shape index (κ2) is 2.63. The van der Waals surface area contributed by atoms with Gasteiger partial charge in [-0.2, -0.15) is 0 Å². The molecule has 0 amide bonds. The normalized spacial score (nSPS) is 19.4. The van der Waals surface area contributed by atoms with Gasteiger partial charge in [0, 0.05) is 11.1 Å². The van der Waals surface area contributed by atoms with Crippen LogP contribution >= 0.6 is 0 Å². The van der Waals surface area contributed by atoms with E-state index in [2.05, 4.69) is 24.3 Å². The third kappa shape index (κ3) is 0.998. The number of hydrogen-bond acceptors (Lipinski definition) is 1. The Morgan fingerprint density at radius 1 is 1.08 bits per heavy atom. The summed E-state index contributed by atoms with van der Waals surface area (Å²) in [5.41, 5.74) is 4.19. The Bertz CT molecular complexity index is 370. The van der Waals surface area contributed by atoms with Gasteiger partial charge in [-0.3, -0.25) is 0 Å². The largest absolute Gasteiger partial charge is 0.488 e. The van der Waals surface area contributed by atoms with Gasteiger partial charge in [0.1, 0.15) is 12.4 Å². The average Bonchev–Trinajstić information content (AvgIpc) is 2.47. The minimum atomic E-state index is 0.773. The van der Waals surface area contributed by atoms with E-state index >= 15 is 0 Å². The first-order valence-corrected chi connectivity index (χ1v) is 4.88. The van der Waals surface area contributed by atoms with Crippen LogP contribution < -0.4 is 0 Å². The molecule has 1 aliphatic carbocycles. The van der Waals surface area contributed by atoms with Crippen molar-refractivity contribution >= 4 is 5.76 Å². The Balaban J connectivity index is 2.12. The molecule has 1 aromatic carbocycles. The van der Waals surface area contributed by atoms with Gasteiger partial charge in [0.2, 0.25) is 0 Å². The SMILES string of the molecule is c1ccc2c(c1)COC2=C1CCC1. The van der Waals surface area contributed by atoms with E-state index in [4.69, 9.17) is 4.74 Å². The molecular weight excluding hydrogens is 160 g/mol. The Kier molecular flexibility index (Phi) is 1.45. The van der Waals surface area contributed by atoms with Gasteiger partial charge in [0.25, 0.3) is 0 Å². The summed E-state index contributed by atoms with van der Waals surface area (Å²) in [4.78, 5) is 0. The van der Waals surface area contributed by atoms with Gasteiger partial charge in [-0.25, -0.2) is 0 Å². The molecule has 0 radical (unpaired) electrons. The fraction of sp³-hybridized carbons (Fsp3) is 0.333. The molecule has 1 heteroatoms. The minimum absolute atomic E-state index is 0.773. The highest BCUT2D eigenvalue weighted by Crippen LogP contribution is 2.39. The quantitative estimate of drug-likeness (QED) is 0.584. The molecule has 0 bridgehead atoms. The van der Waals surface area contributed by atoms with Crippen molar-refractivity contribution in [1.29, 1.82) is 0 Å². The predicted octanol–water partition coefficient (Wildman–Crippen LogP) is 3.11. The lowest BCUT2D eigenvalue weighted by Gasteiger charge is -2.18. The maximum atomic E-state index is 5.71. The van der Waals surface area contributed by atoms with Crippen molar-refractivity contribution in [2.45, 2.75) is 25.9 Å². The molecule has 66 valence electrons. The van der Waals surface area contributed by atoms with Crippen molar-refractivity contribution < 1.29 is 4.74 Å². The Hall–Kier alpha value is -1.24. The van der Waals surface area contributed by atoms with E-state index in [0.717, 1.165) is 6.61 Å². The lowest BCUT2D eigenvalue weighted by atomic mass is 9.89. The number of rotatable bonds is 0. The van der Waals surface area contributed by atoms with Crippen LogP contribution in [-0.4, -0.2) is 0 Å². The van der Waals surface area contributed by atoms with E-state index < -0.39 is 0 Å². The molecule has 13 heavy (non-hydrogen) atoms. The first-order chi connectivity index (χ1) is 6.45. The molecule has 2 aliphatic rings. The molecule has 0 N–H and O–H groups in total. The molecule has 1 fully saturated rings. The topological polar surface area (TPSA) is 9.23 Å². The highest BCUT2D eigenvalue weighted by molar-refractivity contribution is 5.69. The van der Waals surface area contributed by atoms with E-state index in [1.165, 1.54) is 41.7 Å². The van der Waals surface area contributed by atoms with Crippen LogP contribution in [0.2, 0.25) is 0 Å². The molecule has 1 aromatic rings. The Morgan fingerprint density at radius 3 is 2.69 bits per heavy atom. The maximum Gasteiger partial charge on any atom is 0.126 e. The summed E-state index contributed by atoms with van der Waals surface area (Å²) in [6.07, 6.45) is 3.82. The van der Waals surface area contributed by atoms with Crippen LogP contribution in [0.1, 0.15) is 30.4 Å². The van der Waals surface area contributed by atoms with Gasteiger partial charge in [-0.05, 0) is 24.8 Å². The van der Waals surface area contributed by atoms with Crippen LogP contribution in [0.4, 0.5) is 0 Å². The van der Waals surface area contributed by atoms with Crippen LogP contribution in [0.25, 0.3) is 5.76 Å². The molecule has 1 heterocycles. The van der Waals surface area contributed by atoms with Gasteiger partial charge < -0.3 is 4.74 Å². The van der Waals surface area contributed by atoms with Gasteiger partial charge in [-0.15, -0.1) is 0 Å². The standard InChI is InChI=1S/C12H12O/c1-2-7-11-10(4-1)8-13-12(11)9-5-3-6-9/h1-2,4,7H,3,5-6,8H2. The van der Waals surface area contributed by atoms with E-state index in [-0.39, 0.29) is 0 Å². The fourth-order valence-corrected chi connectivity index (χ4v) is 1.97. The van der Waals surface area contributed by atoms with Gasteiger partial charge in [0.15, 0.2) is 0 Å². The van der Waals surface area contributed by atoms with Crippen LogP contribution in [-0.2, 0) is 11.3 Å². The molecule has 1 nitrogen and oxygen atoms in total. The molecule has 0 spiro atoms. The maximum absolute atomic E-state index is 5.71. The first-order valence-electron chi connectivity index (χ1n) is 4.88. The lowest BCUT2D eigenvalue weighted by molar-refractivity contribution is 0.279. The number of allylic oxidation sites excluding steroid dienone is 1. The summed E-state index contributed by atoms with van der Waals surface area (Å²) in [7, 11) is 0. The van der Waals surface area contributed by atoms with Crippen molar-refractivity contribution in [2.75, 3.05) is 0 Å². The minimum Gasteiger partial charge on any atom is -0.488 e. The summed E-state index contributed by atoms with van der Waals surface area (Å²) in [5.74, 6) is 1.18. The molecule has 1 aliphatic heterocycles. The second-order valence-electron chi connectivity index (χ2n) is 3.73. The summed E-state index contributed by atoms with van der Waals surface area (Å²) in [6.45, 7) is 0.773. The van der Waals surface area contributed by atoms with Crippen LogP contribution in [0.3, 0.4) is 0 Å². The zero-order valence-electron chi connectivity index (χ0n) is 7.55. The highest BCUT2D eigenvalue weighted by Gasteiger charge is 2.23. The van der Waals surface area contributed by atoms with Crippen molar-refractivity contribution in [3.05, 3.63) is 41.0 Å². The Morgan fingerprint density at radius 2 is 1.92 bits per heavy atom. The third-order valence-electron chi connectivity index (χ3n) is 2.91. The van der Waals surface area contributed by atoms with Crippen molar-refractivity contribution in [2.24, 2.45) is 0 Å². The van der Waals surface area contributed by atoms with Crippen molar-refractivity contribution in [1.82, 2.24) is 0 Å². The average molecular weight is 172 g/mol. The second-order valence-corrected chi connectivity index (χ2v) is 3.73. The van der Waals surface area contributed by atoms with Crippen LogP contribution in [0, 0.1) is 0 Å². The predicted molar refractivity (Wildman–Crippen MR) is 52.0 cm³/mol. The number of ether oxygens (including phenoxy) is 1. The number of benzene rings is 1. The monoisotopic (exact) mass is 172 g/mol. The fourth-order valence-electron chi connectivity index (χ4n) is 1.97. The summed E-state index contributed by atoms with van der Waals surface area (Å²) >= 11 is 0. The number of fused-ring (bicyclic) bond motifs is 1. The molecule has 0 unspecified atom stereocenters.